The van der Waals surface area contributed by atoms with Crippen LogP contribution in [-0.2, 0) is 6.54 Å². The molecule has 22 heavy (non-hydrogen) atoms. The first-order valence-electron chi connectivity index (χ1n) is 6.91. The molecule has 3 aromatic rings. The number of fused-ring (bicyclic) bond motifs is 1. The van der Waals surface area contributed by atoms with Crippen molar-refractivity contribution in [1.82, 2.24) is 0 Å². The molecule has 5 heteroatoms. The first-order chi connectivity index (χ1) is 10.1. The molecule has 0 saturated heterocycles. The van der Waals surface area contributed by atoms with Crippen LogP contribution in [0.5, 0.6) is 0 Å². The van der Waals surface area contributed by atoms with Gasteiger partial charge in [-0.05, 0) is 23.9 Å². The number of thiophene rings is 1. The highest BCUT2D eigenvalue weighted by Gasteiger charge is 2.16. The second-order valence-electron chi connectivity index (χ2n) is 5.09. The maximum Gasteiger partial charge on any atom is 0.179 e. The van der Waals surface area contributed by atoms with E-state index in [1.165, 1.54) is 10.1 Å². The Balaban J connectivity index is 0.00000176. The number of pyridine rings is 1. The third-order valence-electron chi connectivity index (χ3n) is 3.61. The largest absolute Gasteiger partial charge is 1.00 e. The predicted octanol–water partition coefficient (Wildman–Crippen LogP) is 0.356. The lowest BCUT2D eigenvalue weighted by Gasteiger charge is -1.98. The first-order valence-corrected chi connectivity index (χ1v) is 7.73. The molecule has 2 N–H and O–H groups in total. The summed E-state index contributed by atoms with van der Waals surface area (Å²) in [5, 5.41) is 1.19. The molecular weight excluding hydrogens is 407 g/mol. The number of halogens is 1. The molecule has 0 bridgehead atoms. The summed E-state index contributed by atoms with van der Waals surface area (Å²) in [6.45, 7) is 2.70. The van der Waals surface area contributed by atoms with Crippen molar-refractivity contribution in [3.05, 3.63) is 59.2 Å². The number of nitrogens with zero attached hydrogens (tertiary/aromatic N) is 1. The van der Waals surface area contributed by atoms with E-state index in [9.17, 15) is 4.79 Å². The number of aromatic nitrogens is 1. The Morgan fingerprint density at radius 3 is 2.55 bits per heavy atom. The minimum Gasteiger partial charge on any atom is -1.00 e. The Morgan fingerprint density at radius 1 is 1.18 bits per heavy atom. The van der Waals surface area contributed by atoms with Crippen LogP contribution < -0.4 is 34.3 Å². The summed E-state index contributed by atoms with van der Waals surface area (Å²) in [6.07, 6.45) is 4.31. The lowest BCUT2D eigenvalue weighted by atomic mass is 10.1. The molecule has 0 spiro atoms. The van der Waals surface area contributed by atoms with Crippen LogP contribution in [0.15, 0.2) is 48.8 Å². The van der Waals surface area contributed by atoms with Crippen LogP contribution in [0.3, 0.4) is 0 Å². The van der Waals surface area contributed by atoms with Gasteiger partial charge in [0, 0.05) is 22.5 Å². The van der Waals surface area contributed by atoms with Crippen molar-refractivity contribution in [3.8, 4) is 0 Å². The molecule has 2 aromatic heterocycles. The van der Waals surface area contributed by atoms with Crippen LogP contribution in [0.4, 0.5) is 5.69 Å². The second kappa shape index (κ2) is 7.19. The van der Waals surface area contributed by atoms with Crippen LogP contribution in [-0.4, -0.2) is 5.78 Å². The minimum atomic E-state index is 0. The highest BCUT2D eigenvalue weighted by atomic mass is 127. The van der Waals surface area contributed by atoms with Gasteiger partial charge in [0.2, 0.25) is 0 Å². The number of nitrogens with two attached hydrogens (primary N) is 1. The van der Waals surface area contributed by atoms with Crippen molar-refractivity contribution in [3.63, 3.8) is 0 Å². The fourth-order valence-electron chi connectivity index (χ4n) is 2.40. The maximum atomic E-state index is 12.4. The molecule has 114 valence electrons. The highest BCUT2D eigenvalue weighted by molar-refractivity contribution is 7.21. The van der Waals surface area contributed by atoms with Gasteiger partial charge >= 0.3 is 0 Å². The number of ketones is 1. The normalized spacial score (nSPS) is 10.4. The summed E-state index contributed by atoms with van der Waals surface area (Å²) in [7, 11) is 0. The number of carbonyl (C=O) groups excluding carboxylic acids is 1. The molecule has 0 amide bonds. The molecule has 0 radical (unpaired) electrons. The van der Waals surface area contributed by atoms with E-state index in [1.807, 2.05) is 48.1 Å². The van der Waals surface area contributed by atoms with Crippen molar-refractivity contribution in [2.45, 2.75) is 19.9 Å². The number of hydrogen-bond donors (Lipinski definition) is 1. The first kappa shape index (κ1) is 16.9. The topological polar surface area (TPSA) is 47.0 Å². The van der Waals surface area contributed by atoms with Crippen LogP contribution in [0.25, 0.3) is 10.1 Å². The van der Waals surface area contributed by atoms with Gasteiger partial charge in [-0.1, -0.05) is 18.2 Å². The van der Waals surface area contributed by atoms with E-state index in [0.717, 1.165) is 16.1 Å². The molecule has 0 aliphatic heterocycles. The van der Waals surface area contributed by atoms with E-state index >= 15 is 0 Å². The maximum absolute atomic E-state index is 12.4. The van der Waals surface area contributed by atoms with Gasteiger partial charge in [0.15, 0.2) is 24.7 Å². The summed E-state index contributed by atoms with van der Waals surface area (Å²) in [5.74, 6) is 0.207. The quantitative estimate of drug-likeness (QED) is 0.374. The Morgan fingerprint density at radius 2 is 1.86 bits per heavy atom. The molecule has 3 rings (SSSR count). The van der Waals surface area contributed by atoms with E-state index < -0.39 is 0 Å². The van der Waals surface area contributed by atoms with Crippen molar-refractivity contribution in [2.75, 3.05) is 5.73 Å². The van der Waals surface area contributed by atoms with Gasteiger partial charge < -0.3 is 29.7 Å². The zero-order chi connectivity index (χ0) is 14.8. The lowest BCUT2D eigenvalue weighted by Crippen LogP contribution is -3.00. The van der Waals surface area contributed by atoms with Crippen LogP contribution in [0.2, 0.25) is 0 Å². The highest BCUT2D eigenvalue weighted by Crippen LogP contribution is 2.31. The number of benzene rings is 1. The molecule has 0 fully saturated rings. The van der Waals surface area contributed by atoms with Crippen molar-refractivity contribution in [2.24, 2.45) is 0 Å². The monoisotopic (exact) mass is 424 g/mol. The Hall–Kier alpha value is -1.47. The number of hydrogen-bond acceptors (Lipinski definition) is 3. The smallest absolute Gasteiger partial charge is 0.179 e. The van der Waals surface area contributed by atoms with Gasteiger partial charge in [-0.25, -0.2) is 4.57 Å². The second-order valence-corrected chi connectivity index (χ2v) is 6.15. The number of nitrogen functional groups attached to an aromatic ring is 1. The number of carbonyl (C=O) groups is 1. The van der Waals surface area contributed by atoms with Gasteiger partial charge in [-0.15, -0.1) is 11.3 Å². The van der Waals surface area contributed by atoms with Gasteiger partial charge in [0.05, 0.1) is 11.3 Å². The number of aryl methyl sites for hydroxylation is 2. The third kappa shape index (κ3) is 3.47. The van der Waals surface area contributed by atoms with Crippen molar-refractivity contribution in [1.29, 1.82) is 0 Å². The Kier molecular flexibility index (Phi) is 5.52. The molecule has 3 nitrogen and oxygen atoms in total. The van der Waals surface area contributed by atoms with E-state index in [0.29, 0.717) is 13.0 Å². The van der Waals surface area contributed by atoms with Gasteiger partial charge in [0.25, 0.3) is 0 Å². The molecular formula is C17H17IN2OS. The van der Waals surface area contributed by atoms with Gasteiger partial charge in [-0.3, -0.25) is 4.79 Å². The van der Waals surface area contributed by atoms with E-state index in [4.69, 9.17) is 5.73 Å². The molecule has 0 saturated carbocycles. The standard InChI is InChI=1S/C17H16N2OS.HI/c1-12-14-4-2-3-5-16(14)21-17(12)15(20)8-11-19-9-6-13(18)7-10-19;/h2-7,9-10,18H,8,11H2,1H3;1H. The Labute approximate surface area is 150 Å². The molecule has 1 aromatic carbocycles. The third-order valence-corrected chi connectivity index (χ3v) is 4.92. The van der Waals surface area contributed by atoms with Gasteiger partial charge in [0.1, 0.15) is 0 Å². The van der Waals surface area contributed by atoms with Gasteiger partial charge in [-0.2, -0.15) is 0 Å². The van der Waals surface area contributed by atoms with Crippen LogP contribution in [0.1, 0.15) is 21.7 Å². The molecule has 0 aliphatic rings. The number of Topliss-reactive ketones (excluding diaryl/α,β-unsaturated/α-hetero) is 1. The molecule has 2 heterocycles. The van der Waals surface area contributed by atoms with Crippen molar-refractivity contribution >= 4 is 32.9 Å². The van der Waals surface area contributed by atoms with E-state index in [2.05, 4.69) is 12.1 Å². The number of rotatable bonds is 4. The summed E-state index contributed by atoms with van der Waals surface area (Å²) in [4.78, 5) is 13.3. The summed E-state index contributed by atoms with van der Waals surface area (Å²) >= 11 is 1.59. The van der Waals surface area contributed by atoms with E-state index in [-0.39, 0.29) is 29.8 Å². The van der Waals surface area contributed by atoms with Crippen molar-refractivity contribution < 1.29 is 33.3 Å². The van der Waals surface area contributed by atoms with Crippen LogP contribution in [0, 0.1) is 6.92 Å². The number of anilines is 1. The zero-order valence-corrected chi connectivity index (χ0v) is 15.2. The Bertz CT molecular complexity index is 796. The minimum absolute atomic E-state index is 0. The van der Waals surface area contributed by atoms with Crippen LogP contribution >= 0.6 is 11.3 Å². The lowest BCUT2D eigenvalue weighted by molar-refractivity contribution is -0.695. The molecule has 0 atom stereocenters. The SMILES string of the molecule is Cc1c(C(=O)CC[n+]2ccc(N)cc2)sc2ccccc12.[I-]. The summed E-state index contributed by atoms with van der Waals surface area (Å²) in [5.41, 5.74) is 7.49. The molecule has 0 unspecified atom stereocenters. The fourth-order valence-corrected chi connectivity index (χ4v) is 3.58. The average molecular weight is 424 g/mol. The summed E-state index contributed by atoms with van der Waals surface area (Å²) < 4.78 is 3.16. The predicted molar refractivity (Wildman–Crippen MR) is 86.6 cm³/mol. The fraction of sp³-hybridized carbons (Fsp3) is 0.176. The average Bonchev–Trinajstić information content (AvgIpc) is 2.84. The molecule has 0 aliphatic carbocycles. The van der Waals surface area contributed by atoms with E-state index in [1.54, 1.807) is 11.3 Å². The zero-order valence-electron chi connectivity index (χ0n) is 12.3. The summed E-state index contributed by atoms with van der Waals surface area (Å²) in [6, 6.07) is 11.9.